The minimum atomic E-state index is -0.925. The smallest absolute Gasteiger partial charge is 0.407 e. The lowest BCUT2D eigenvalue weighted by molar-refractivity contribution is -0.114. The molecular weight excluding hydrogens is 360 g/mol. The van der Waals surface area contributed by atoms with Gasteiger partial charge >= 0.3 is 6.09 Å². The summed E-state index contributed by atoms with van der Waals surface area (Å²) in [7, 11) is 0. The molecule has 25 heavy (non-hydrogen) atoms. The van der Waals surface area contributed by atoms with Crippen LogP contribution < -0.4 is 5.32 Å². The van der Waals surface area contributed by atoms with Gasteiger partial charge in [0.1, 0.15) is 20.4 Å². The fourth-order valence-electron chi connectivity index (χ4n) is 2.92. The predicted octanol–water partition coefficient (Wildman–Crippen LogP) is 3.41. The molecule has 0 saturated heterocycles. The van der Waals surface area contributed by atoms with Crippen molar-refractivity contribution in [2.24, 2.45) is 0 Å². The maximum atomic E-state index is 11.6. The maximum absolute atomic E-state index is 11.6. The van der Waals surface area contributed by atoms with Crippen molar-refractivity contribution in [3.05, 3.63) is 28.8 Å². The van der Waals surface area contributed by atoms with Crippen molar-refractivity contribution in [2.45, 2.75) is 19.9 Å². The van der Waals surface area contributed by atoms with Crippen LogP contribution in [0.2, 0.25) is 0 Å². The Kier molecular flexibility index (Phi) is 3.89. The highest BCUT2D eigenvalue weighted by molar-refractivity contribution is 7.22. The Morgan fingerprint density at radius 1 is 1.36 bits per heavy atom. The van der Waals surface area contributed by atoms with Crippen molar-refractivity contribution in [1.82, 2.24) is 14.9 Å². The van der Waals surface area contributed by atoms with Crippen LogP contribution in [0.1, 0.15) is 17.4 Å². The molecule has 0 atom stereocenters. The summed E-state index contributed by atoms with van der Waals surface area (Å²) in [6.07, 6.45) is 1.41. The first-order chi connectivity index (χ1) is 12.0. The molecule has 2 N–H and O–H groups in total. The third kappa shape index (κ3) is 2.85. The number of rotatable bonds is 2. The minimum Gasteiger partial charge on any atom is -0.465 e. The summed E-state index contributed by atoms with van der Waals surface area (Å²) in [4.78, 5) is 35.1. The van der Waals surface area contributed by atoms with Gasteiger partial charge in [0, 0.05) is 30.1 Å². The van der Waals surface area contributed by atoms with E-state index in [1.54, 1.807) is 6.20 Å². The lowest BCUT2D eigenvalue weighted by Crippen LogP contribution is -2.34. The molecule has 0 radical (unpaired) electrons. The second kappa shape index (κ2) is 6.08. The number of thiazole rings is 1. The molecule has 3 aromatic rings. The Morgan fingerprint density at radius 3 is 2.92 bits per heavy atom. The first kappa shape index (κ1) is 16.0. The number of carbonyl (C=O) groups is 2. The summed E-state index contributed by atoms with van der Waals surface area (Å²) < 4.78 is 0. The van der Waals surface area contributed by atoms with Crippen LogP contribution in [0, 0.1) is 0 Å². The number of anilines is 1. The van der Waals surface area contributed by atoms with Gasteiger partial charge in [0.2, 0.25) is 5.91 Å². The molecule has 0 bridgehead atoms. The summed E-state index contributed by atoms with van der Waals surface area (Å²) in [5.74, 6) is -0.158. The van der Waals surface area contributed by atoms with Crippen LogP contribution in [0.15, 0.2) is 18.3 Å². The molecular formula is C16H14N4O3S2. The molecule has 7 nitrogen and oxygen atoms in total. The van der Waals surface area contributed by atoms with Gasteiger partial charge in [-0.1, -0.05) is 11.3 Å². The number of nitrogens with zero attached hydrogens (tertiary/aromatic N) is 3. The number of aromatic nitrogens is 2. The van der Waals surface area contributed by atoms with E-state index in [0.29, 0.717) is 19.5 Å². The number of thiophene rings is 1. The number of pyridine rings is 1. The topological polar surface area (TPSA) is 95.4 Å². The number of amides is 2. The van der Waals surface area contributed by atoms with E-state index in [0.717, 1.165) is 36.4 Å². The van der Waals surface area contributed by atoms with Crippen LogP contribution in [-0.4, -0.2) is 38.5 Å². The number of fused-ring (bicyclic) bond motifs is 2. The number of hydrogen-bond acceptors (Lipinski definition) is 6. The number of carboxylic acid groups (broad SMARTS) is 1. The minimum absolute atomic E-state index is 0.158. The normalized spacial score (nSPS) is 13.7. The van der Waals surface area contributed by atoms with Gasteiger partial charge in [0.15, 0.2) is 0 Å². The highest BCUT2D eigenvalue weighted by atomic mass is 32.1. The molecule has 128 valence electrons. The molecule has 0 spiro atoms. The highest BCUT2D eigenvalue weighted by Gasteiger charge is 2.29. The number of hydrogen-bond donors (Lipinski definition) is 2. The van der Waals surface area contributed by atoms with Gasteiger partial charge < -0.3 is 15.3 Å². The SMILES string of the molecule is CC(=O)Nc1sc2c(c1-c1nc3cccnc3s1)CCN(C(=O)O)C2. The van der Waals surface area contributed by atoms with Gasteiger partial charge in [-0.25, -0.2) is 14.8 Å². The predicted molar refractivity (Wildman–Crippen MR) is 97.2 cm³/mol. The van der Waals surface area contributed by atoms with E-state index in [4.69, 9.17) is 0 Å². The summed E-state index contributed by atoms with van der Waals surface area (Å²) in [5.41, 5.74) is 2.80. The maximum Gasteiger partial charge on any atom is 0.407 e. The van der Waals surface area contributed by atoms with Crippen LogP contribution in [0.4, 0.5) is 9.80 Å². The Morgan fingerprint density at radius 2 is 2.20 bits per heavy atom. The van der Waals surface area contributed by atoms with E-state index in [-0.39, 0.29) is 5.91 Å². The van der Waals surface area contributed by atoms with Crippen molar-refractivity contribution < 1.29 is 14.7 Å². The zero-order chi connectivity index (χ0) is 17.6. The molecule has 4 heterocycles. The van der Waals surface area contributed by atoms with E-state index in [1.165, 1.54) is 34.5 Å². The van der Waals surface area contributed by atoms with Crippen LogP contribution in [0.25, 0.3) is 20.9 Å². The van der Waals surface area contributed by atoms with E-state index >= 15 is 0 Å². The lowest BCUT2D eigenvalue weighted by atomic mass is 10.0. The largest absolute Gasteiger partial charge is 0.465 e. The molecule has 1 aliphatic heterocycles. The molecule has 2 amide bonds. The monoisotopic (exact) mass is 374 g/mol. The van der Waals surface area contributed by atoms with Gasteiger partial charge in [0.05, 0.1) is 6.54 Å². The van der Waals surface area contributed by atoms with Crippen LogP contribution in [0.3, 0.4) is 0 Å². The zero-order valence-electron chi connectivity index (χ0n) is 13.3. The fourth-order valence-corrected chi connectivity index (χ4v) is 5.28. The summed E-state index contributed by atoms with van der Waals surface area (Å²) >= 11 is 2.90. The molecule has 3 aromatic heterocycles. The average molecular weight is 374 g/mol. The molecule has 0 aliphatic carbocycles. The Balaban J connectivity index is 1.85. The summed E-state index contributed by atoms with van der Waals surface area (Å²) in [5, 5.41) is 13.6. The van der Waals surface area contributed by atoms with E-state index in [9.17, 15) is 14.7 Å². The molecule has 0 aromatic carbocycles. The number of nitrogens with one attached hydrogen (secondary N) is 1. The van der Waals surface area contributed by atoms with E-state index in [1.807, 2.05) is 12.1 Å². The van der Waals surface area contributed by atoms with Gasteiger partial charge in [-0.3, -0.25) is 4.79 Å². The van der Waals surface area contributed by atoms with Crippen molar-refractivity contribution in [3.63, 3.8) is 0 Å². The average Bonchev–Trinajstić information content (AvgIpc) is 3.13. The molecule has 1 aliphatic rings. The van der Waals surface area contributed by atoms with E-state index in [2.05, 4.69) is 15.3 Å². The molecule has 0 unspecified atom stereocenters. The standard InChI is InChI=1S/C16H14N4O3S2/c1-8(21)18-14-12(15-19-10-3-2-5-17-13(10)25-15)9-4-6-20(16(22)23)7-11(9)24-14/h2-3,5H,4,6-7H2,1H3,(H,18,21)(H,22,23). The van der Waals surface area contributed by atoms with Gasteiger partial charge in [-0.05, 0) is 24.1 Å². The van der Waals surface area contributed by atoms with Crippen molar-refractivity contribution >= 4 is 50.0 Å². The van der Waals surface area contributed by atoms with E-state index < -0.39 is 6.09 Å². The van der Waals surface area contributed by atoms with Gasteiger partial charge in [0.25, 0.3) is 0 Å². The number of carbonyl (C=O) groups excluding carboxylic acids is 1. The van der Waals surface area contributed by atoms with Gasteiger partial charge in [-0.2, -0.15) is 0 Å². The van der Waals surface area contributed by atoms with Crippen LogP contribution >= 0.6 is 22.7 Å². The second-order valence-corrected chi connectivity index (χ2v) is 7.77. The summed E-state index contributed by atoms with van der Waals surface area (Å²) in [6.45, 7) is 2.24. The highest BCUT2D eigenvalue weighted by Crippen LogP contribution is 2.45. The molecule has 0 fully saturated rings. The zero-order valence-corrected chi connectivity index (χ0v) is 14.9. The Labute approximate surface area is 151 Å². The second-order valence-electron chi connectivity index (χ2n) is 5.69. The summed E-state index contributed by atoms with van der Waals surface area (Å²) in [6, 6.07) is 3.75. The molecule has 0 saturated carbocycles. The molecule has 4 rings (SSSR count). The third-order valence-corrected chi connectivity index (χ3v) is 6.13. The Hall–Kier alpha value is -2.52. The molecule has 9 heteroatoms. The van der Waals surface area contributed by atoms with Crippen molar-refractivity contribution in [2.75, 3.05) is 11.9 Å². The first-order valence-electron chi connectivity index (χ1n) is 7.65. The van der Waals surface area contributed by atoms with Crippen molar-refractivity contribution in [3.8, 4) is 10.6 Å². The third-order valence-electron chi connectivity index (χ3n) is 4.00. The Bertz CT molecular complexity index is 962. The van der Waals surface area contributed by atoms with Gasteiger partial charge in [-0.15, -0.1) is 11.3 Å². The van der Waals surface area contributed by atoms with Crippen molar-refractivity contribution in [1.29, 1.82) is 0 Å². The fraction of sp³-hybridized carbons (Fsp3) is 0.250. The lowest BCUT2D eigenvalue weighted by Gasteiger charge is -2.24. The quantitative estimate of drug-likeness (QED) is 0.717. The first-order valence-corrected chi connectivity index (χ1v) is 9.28. The van der Waals surface area contributed by atoms with Crippen LogP contribution in [0.5, 0.6) is 0 Å². The van der Waals surface area contributed by atoms with Crippen LogP contribution in [-0.2, 0) is 17.8 Å².